The molecule has 2 aromatic heterocycles. The molecule has 2 heterocycles. The van der Waals surface area contributed by atoms with E-state index in [9.17, 15) is 0 Å². The average Bonchev–Trinajstić information content (AvgIpc) is 2.28. The van der Waals surface area contributed by atoms with Gasteiger partial charge in [0.15, 0.2) is 0 Å². The van der Waals surface area contributed by atoms with Crippen LogP contribution in [0.4, 0.5) is 0 Å². The van der Waals surface area contributed by atoms with Crippen LogP contribution in [0.15, 0.2) is 10.8 Å². The Balaban J connectivity index is 2.87. The predicted octanol–water partition coefficient (Wildman–Crippen LogP) is 2.68. The molecule has 0 amide bonds. The van der Waals surface area contributed by atoms with Crippen LogP contribution in [0.1, 0.15) is 5.56 Å². The Kier molecular flexibility index (Phi) is 1.81. The molecular formula is C7H5BrClN3. The molecule has 0 aliphatic rings. The maximum Gasteiger partial charge on any atom is 0.224 e. The average molecular weight is 246 g/mol. The van der Waals surface area contributed by atoms with Crippen molar-refractivity contribution in [1.29, 1.82) is 0 Å². The zero-order valence-corrected chi connectivity index (χ0v) is 8.57. The van der Waals surface area contributed by atoms with Gasteiger partial charge in [-0.05, 0) is 40.0 Å². The molecule has 0 aliphatic carbocycles. The highest BCUT2D eigenvalue weighted by atomic mass is 79.9. The normalized spacial score (nSPS) is 10.9. The highest BCUT2D eigenvalue weighted by Crippen LogP contribution is 2.23. The fourth-order valence-corrected chi connectivity index (χ4v) is 1.58. The summed E-state index contributed by atoms with van der Waals surface area (Å²) >= 11 is 8.99. The van der Waals surface area contributed by atoms with Crippen molar-refractivity contribution >= 4 is 38.6 Å². The lowest BCUT2D eigenvalue weighted by molar-refractivity contribution is 1.20. The summed E-state index contributed by atoms with van der Waals surface area (Å²) < 4.78 is 0.925. The summed E-state index contributed by atoms with van der Waals surface area (Å²) in [5.41, 5.74) is 1.86. The highest BCUT2D eigenvalue weighted by molar-refractivity contribution is 9.10. The van der Waals surface area contributed by atoms with Gasteiger partial charge in [-0.25, -0.2) is 4.98 Å². The molecule has 0 radical (unpaired) electrons. The molecule has 0 atom stereocenters. The monoisotopic (exact) mass is 245 g/mol. The second-order valence-corrected chi connectivity index (χ2v) is 3.60. The van der Waals surface area contributed by atoms with Gasteiger partial charge in [0.25, 0.3) is 0 Å². The summed E-state index contributed by atoms with van der Waals surface area (Å²) in [6.07, 6.45) is 1.71. The van der Waals surface area contributed by atoms with E-state index in [1.807, 2.05) is 6.92 Å². The summed E-state index contributed by atoms with van der Waals surface area (Å²) in [7, 11) is 0. The highest BCUT2D eigenvalue weighted by Gasteiger charge is 2.06. The number of hydrogen-bond acceptors (Lipinski definition) is 2. The maximum absolute atomic E-state index is 5.62. The Morgan fingerprint density at radius 2 is 2.33 bits per heavy atom. The molecule has 0 fully saturated rings. The molecule has 0 unspecified atom stereocenters. The molecule has 2 aromatic rings. The number of aryl methyl sites for hydroxylation is 1. The summed E-state index contributed by atoms with van der Waals surface area (Å²) in [6.45, 7) is 1.99. The van der Waals surface area contributed by atoms with Crippen LogP contribution < -0.4 is 0 Å². The van der Waals surface area contributed by atoms with E-state index in [-0.39, 0.29) is 5.28 Å². The van der Waals surface area contributed by atoms with Gasteiger partial charge in [0.1, 0.15) is 5.65 Å². The summed E-state index contributed by atoms with van der Waals surface area (Å²) in [5.74, 6) is 0. The summed E-state index contributed by atoms with van der Waals surface area (Å²) in [6, 6.07) is 0. The molecule has 3 nitrogen and oxygen atoms in total. The van der Waals surface area contributed by atoms with Crippen molar-refractivity contribution in [3.05, 3.63) is 21.6 Å². The molecular weight excluding hydrogens is 241 g/mol. The first kappa shape index (κ1) is 8.01. The Labute approximate surface area is 82.3 Å². The molecule has 1 N–H and O–H groups in total. The largest absolute Gasteiger partial charge is 0.334 e. The Bertz CT molecular complexity index is 437. The standard InChI is InChI=1S/C7H5BrClN3/c1-3-4-2-10-7(9)12-6(4)11-5(3)8/h2H,1H3,(H,10,11,12). The minimum absolute atomic E-state index is 0.260. The molecule has 0 aromatic carbocycles. The van der Waals surface area contributed by atoms with E-state index in [1.165, 1.54) is 0 Å². The van der Waals surface area contributed by atoms with Crippen molar-refractivity contribution in [2.45, 2.75) is 6.92 Å². The van der Waals surface area contributed by atoms with Crippen molar-refractivity contribution in [2.24, 2.45) is 0 Å². The Morgan fingerprint density at radius 3 is 3.08 bits per heavy atom. The number of halogens is 2. The number of rotatable bonds is 0. The van der Waals surface area contributed by atoms with E-state index in [2.05, 4.69) is 30.9 Å². The van der Waals surface area contributed by atoms with Crippen molar-refractivity contribution in [3.63, 3.8) is 0 Å². The molecule has 5 heteroatoms. The third kappa shape index (κ3) is 1.11. The molecule has 0 saturated heterocycles. The Hall–Kier alpha value is -0.610. The van der Waals surface area contributed by atoms with Crippen LogP contribution in [0.25, 0.3) is 11.0 Å². The van der Waals surface area contributed by atoms with E-state index in [1.54, 1.807) is 6.20 Å². The van der Waals surface area contributed by atoms with Crippen LogP contribution in [0.2, 0.25) is 5.28 Å². The van der Waals surface area contributed by atoms with E-state index in [0.717, 1.165) is 21.2 Å². The predicted molar refractivity (Wildman–Crippen MR) is 51.3 cm³/mol. The minimum Gasteiger partial charge on any atom is -0.334 e. The lowest BCUT2D eigenvalue weighted by Gasteiger charge is -1.89. The van der Waals surface area contributed by atoms with Crippen LogP contribution in [0, 0.1) is 6.92 Å². The van der Waals surface area contributed by atoms with Gasteiger partial charge in [-0.1, -0.05) is 0 Å². The number of nitrogens with one attached hydrogen (secondary N) is 1. The fourth-order valence-electron chi connectivity index (χ4n) is 1.05. The molecule has 0 aliphatic heterocycles. The van der Waals surface area contributed by atoms with Crippen LogP contribution in [0.3, 0.4) is 0 Å². The molecule has 62 valence electrons. The SMILES string of the molecule is Cc1c(Br)[nH]c2nc(Cl)ncc12. The number of aromatic nitrogens is 3. The quantitative estimate of drug-likeness (QED) is 0.726. The number of hydrogen-bond donors (Lipinski definition) is 1. The van der Waals surface area contributed by atoms with Crippen molar-refractivity contribution in [1.82, 2.24) is 15.0 Å². The maximum atomic E-state index is 5.62. The summed E-state index contributed by atoms with van der Waals surface area (Å²) in [4.78, 5) is 11.0. The fraction of sp³-hybridized carbons (Fsp3) is 0.143. The Morgan fingerprint density at radius 1 is 1.58 bits per heavy atom. The number of H-pyrrole nitrogens is 1. The van der Waals surface area contributed by atoms with E-state index in [4.69, 9.17) is 11.6 Å². The van der Waals surface area contributed by atoms with Crippen molar-refractivity contribution < 1.29 is 0 Å². The molecule has 0 spiro atoms. The zero-order chi connectivity index (χ0) is 8.72. The second kappa shape index (κ2) is 2.71. The zero-order valence-electron chi connectivity index (χ0n) is 6.23. The van der Waals surface area contributed by atoms with E-state index < -0.39 is 0 Å². The first-order valence-corrected chi connectivity index (χ1v) is 4.52. The third-order valence-corrected chi connectivity index (χ3v) is 2.70. The van der Waals surface area contributed by atoms with Crippen molar-refractivity contribution in [2.75, 3.05) is 0 Å². The van der Waals surface area contributed by atoms with Gasteiger partial charge >= 0.3 is 0 Å². The lowest BCUT2D eigenvalue weighted by atomic mass is 10.3. The smallest absolute Gasteiger partial charge is 0.224 e. The third-order valence-electron chi connectivity index (χ3n) is 1.72. The van der Waals surface area contributed by atoms with Crippen LogP contribution in [0.5, 0.6) is 0 Å². The lowest BCUT2D eigenvalue weighted by Crippen LogP contribution is -1.81. The molecule has 12 heavy (non-hydrogen) atoms. The topological polar surface area (TPSA) is 41.6 Å². The van der Waals surface area contributed by atoms with Gasteiger partial charge in [-0.3, -0.25) is 0 Å². The van der Waals surface area contributed by atoms with E-state index in [0.29, 0.717) is 0 Å². The van der Waals surface area contributed by atoms with Gasteiger partial charge < -0.3 is 4.98 Å². The molecule has 0 saturated carbocycles. The number of nitrogens with zero attached hydrogens (tertiary/aromatic N) is 2. The van der Waals surface area contributed by atoms with Crippen LogP contribution in [-0.4, -0.2) is 15.0 Å². The first-order valence-electron chi connectivity index (χ1n) is 3.35. The van der Waals surface area contributed by atoms with Crippen LogP contribution in [-0.2, 0) is 0 Å². The van der Waals surface area contributed by atoms with Gasteiger partial charge in [0.2, 0.25) is 5.28 Å². The van der Waals surface area contributed by atoms with Gasteiger partial charge in [0, 0.05) is 11.6 Å². The molecule has 2 rings (SSSR count). The van der Waals surface area contributed by atoms with Gasteiger partial charge in [-0.2, -0.15) is 4.98 Å². The number of aromatic amines is 1. The molecule has 0 bridgehead atoms. The van der Waals surface area contributed by atoms with E-state index >= 15 is 0 Å². The number of fused-ring (bicyclic) bond motifs is 1. The minimum atomic E-state index is 0.260. The van der Waals surface area contributed by atoms with Gasteiger partial charge in [-0.15, -0.1) is 0 Å². The first-order chi connectivity index (χ1) is 5.68. The second-order valence-electron chi connectivity index (χ2n) is 2.47. The van der Waals surface area contributed by atoms with Crippen molar-refractivity contribution in [3.8, 4) is 0 Å². The van der Waals surface area contributed by atoms with Crippen LogP contribution >= 0.6 is 27.5 Å². The summed E-state index contributed by atoms with van der Waals surface area (Å²) in [5, 5.41) is 1.25. The van der Waals surface area contributed by atoms with Gasteiger partial charge in [0.05, 0.1) is 4.60 Å².